The molecule has 1 aliphatic heterocycles. The van der Waals surface area contributed by atoms with Crippen LogP contribution in [-0.4, -0.2) is 65.4 Å². The molecule has 1 atom stereocenters. The minimum Gasteiger partial charge on any atom is -0.386 e. The molecule has 2 aromatic rings. The second-order valence-electron chi connectivity index (χ2n) is 8.90. The van der Waals surface area contributed by atoms with Crippen LogP contribution in [0, 0.1) is 5.82 Å². The third-order valence-corrected chi connectivity index (χ3v) is 6.02. The number of allylic oxidation sites excluding steroid dienone is 1. The van der Waals surface area contributed by atoms with E-state index in [4.69, 9.17) is 10.7 Å². The first-order chi connectivity index (χ1) is 17.3. The summed E-state index contributed by atoms with van der Waals surface area (Å²) < 4.78 is 13.7. The third kappa shape index (κ3) is 7.39. The second-order valence-corrected chi connectivity index (χ2v) is 8.90. The zero-order valence-corrected chi connectivity index (χ0v) is 21.5. The molecule has 1 amide bonds. The van der Waals surface area contributed by atoms with E-state index in [-0.39, 0.29) is 24.3 Å². The van der Waals surface area contributed by atoms with Crippen LogP contribution in [-0.2, 0) is 4.79 Å². The van der Waals surface area contributed by atoms with E-state index in [0.29, 0.717) is 12.5 Å². The molecule has 36 heavy (non-hydrogen) atoms. The van der Waals surface area contributed by atoms with E-state index >= 15 is 0 Å². The maximum absolute atomic E-state index is 13.7. The highest BCUT2D eigenvalue weighted by Crippen LogP contribution is 2.29. The lowest BCUT2D eigenvalue weighted by molar-refractivity contribution is -0.118. The number of aromatic nitrogens is 2. The molecule has 0 fully saturated rings. The molecule has 3 rings (SSSR count). The number of hydrogen-bond donors (Lipinski definition) is 3. The van der Waals surface area contributed by atoms with E-state index in [1.165, 1.54) is 17.7 Å². The third-order valence-electron chi connectivity index (χ3n) is 6.02. The average Bonchev–Trinajstić information content (AvgIpc) is 2.87. The Morgan fingerprint density at radius 2 is 2.03 bits per heavy atom. The van der Waals surface area contributed by atoms with Gasteiger partial charge in [-0.25, -0.2) is 14.4 Å². The number of nitrogens with zero attached hydrogens (tertiary/aromatic N) is 4. The summed E-state index contributed by atoms with van der Waals surface area (Å²) in [6.45, 7) is 5.79. The van der Waals surface area contributed by atoms with Crippen molar-refractivity contribution < 1.29 is 9.18 Å². The van der Waals surface area contributed by atoms with Gasteiger partial charge in [0.1, 0.15) is 5.82 Å². The van der Waals surface area contributed by atoms with Crippen molar-refractivity contribution in [1.29, 1.82) is 0 Å². The van der Waals surface area contributed by atoms with Gasteiger partial charge in [0.2, 0.25) is 11.9 Å². The first-order valence-electron chi connectivity index (χ1n) is 12.2. The summed E-state index contributed by atoms with van der Waals surface area (Å²) in [5.74, 6) is -0.0627. The summed E-state index contributed by atoms with van der Waals surface area (Å²) >= 11 is 0. The summed E-state index contributed by atoms with van der Waals surface area (Å²) in [5.41, 5.74) is 9.74. The van der Waals surface area contributed by atoms with Crippen LogP contribution < -0.4 is 16.4 Å². The fourth-order valence-electron chi connectivity index (χ4n) is 3.86. The van der Waals surface area contributed by atoms with Crippen molar-refractivity contribution in [3.8, 4) is 0 Å². The van der Waals surface area contributed by atoms with Crippen LogP contribution in [0.5, 0.6) is 0 Å². The normalized spacial score (nSPS) is 14.8. The van der Waals surface area contributed by atoms with E-state index in [2.05, 4.69) is 46.5 Å². The minimum absolute atomic E-state index is 0.236. The van der Waals surface area contributed by atoms with Crippen LogP contribution in [0.1, 0.15) is 37.9 Å². The van der Waals surface area contributed by atoms with Crippen LogP contribution in [0.3, 0.4) is 0 Å². The molecular formula is C27H36FN7O. The number of primary amides is 1. The van der Waals surface area contributed by atoms with Crippen LogP contribution in [0.4, 0.5) is 10.3 Å². The molecule has 8 nitrogen and oxygen atoms in total. The van der Waals surface area contributed by atoms with E-state index in [9.17, 15) is 9.18 Å². The van der Waals surface area contributed by atoms with Crippen molar-refractivity contribution in [2.45, 2.75) is 32.7 Å². The molecule has 1 aromatic carbocycles. The quantitative estimate of drug-likeness (QED) is 0.417. The second kappa shape index (κ2) is 12.8. The van der Waals surface area contributed by atoms with Gasteiger partial charge in [0.15, 0.2) is 0 Å². The van der Waals surface area contributed by atoms with Gasteiger partial charge in [0.25, 0.3) is 0 Å². The van der Waals surface area contributed by atoms with Gasteiger partial charge in [-0.05, 0) is 68.8 Å². The van der Waals surface area contributed by atoms with Crippen LogP contribution >= 0.6 is 0 Å². The zero-order valence-electron chi connectivity index (χ0n) is 21.5. The molecule has 192 valence electrons. The Hall–Kier alpha value is -3.72. The smallest absolute Gasteiger partial charge is 0.231 e. The first-order valence-corrected chi connectivity index (χ1v) is 12.2. The molecule has 0 bridgehead atoms. The van der Waals surface area contributed by atoms with E-state index in [0.717, 1.165) is 42.0 Å². The number of carbonyl (C=O) groups is 1. The van der Waals surface area contributed by atoms with Crippen molar-refractivity contribution in [3.05, 3.63) is 77.5 Å². The van der Waals surface area contributed by atoms with Crippen LogP contribution in [0.2, 0.25) is 0 Å². The SMILES string of the molecule is CCC(C)Nc1nccc(/C(=C(/NC)c2ccc(F)cc2)N2C=CC(CCN(C)CC(N)=O)=CC2)n1. The summed E-state index contributed by atoms with van der Waals surface area (Å²) in [7, 11) is 3.73. The van der Waals surface area contributed by atoms with Crippen LogP contribution in [0.25, 0.3) is 11.4 Å². The molecular weight excluding hydrogens is 457 g/mol. The summed E-state index contributed by atoms with van der Waals surface area (Å²) in [6, 6.07) is 8.53. The highest BCUT2D eigenvalue weighted by atomic mass is 19.1. The summed E-state index contributed by atoms with van der Waals surface area (Å²) in [6.07, 6.45) is 9.76. The Morgan fingerprint density at radius 1 is 1.28 bits per heavy atom. The fourth-order valence-corrected chi connectivity index (χ4v) is 3.86. The van der Waals surface area contributed by atoms with Crippen molar-refractivity contribution in [3.63, 3.8) is 0 Å². The molecule has 1 aliphatic rings. The number of halogens is 1. The van der Waals surface area contributed by atoms with E-state index in [1.807, 2.05) is 31.3 Å². The molecule has 0 saturated carbocycles. The number of amides is 1. The molecule has 4 N–H and O–H groups in total. The monoisotopic (exact) mass is 493 g/mol. The molecule has 0 spiro atoms. The number of rotatable bonds is 12. The number of hydrogen-bond acceptors (Lipinski definition) is 7. The van der Waals surface area contributed by atoms with Crippen molar-refractivity contribution in [1.82, 2.24) is 25.1 Å². The van der Waals surface area contributed by atoms with Crippen molar-refractivity contribution in [2.75, 3.05) is 39.0 Å². The summed E-state index contributed by atoms with van der Waals surface area (Å²) in [5, 5.41) is 6.65. The molecule has 0 radical (unpaired) electrons. The number of nitrogens with two attached hydrogens (primary N) is 1. The lowest BCUT2D eigenvalue weighted by atomic mass is 10.0. The van der Waals surface area contributed by atoms with Gasteiger partial charge in [-0.2, -0.15) is 0 Å². The predicted molar refractivity (Wildman–Crippen MR) is 143 cm³/mol. The highest BCUT2D eigenvalue weighted by Gasteiger charge is 2.20. The highest BCUT2D eigenvalue weighted by molar-refractivity contribution is 5.88. The van der Waals surface area contributed by atoms with Gasteiger partial charge in [-0.3, -0.25) is 9.69 Å². The first kappa shape index (κ1) is 26.9. The number of benzene rings is 1. The Morgan fingerprint density at radius 3 is 2.64 bits per heavy atom. The predicted octanol–water partition coefficient (Wildman–Crippen LogP) is 3.43. The van der Waals surface area contributed by atoms with Gasteiger partial charge in [-0.15, -0.1) is 0 Å². The van der Waals surface area contributed by atoms with Crippen molar-refractivity contribution >= 4 is 23.2 Å². The number of likely N-dealkylation sites (N-methyl/N-ethyl adjacent to an activating group) is 1. The maximum atomic E-state index is 13.7. The number of carbonyl (C=O) groups excluding carboxylic acids is 1. The van der Waals surface area contributed by atoms with Gasteiger partial charge < -0.3 is 21.3 Å². The Kier molecular flexibility index (Phi) is 9.58. The Bertz CT molecular complexity index is 1130. The largest absolute Gasteiger partial charge is 0.386 e. The zero-order chi connectivity index (χ0) is 26.1. The average molecular weight is 494 g/mol. The van der Waals surface area contributed by atoms with Crippen LogP contribution in [0.15, 0.2) is 60.5 Å². The standard InChI is InChI=1S/C27H36FN7O/c1-5-19(2)32-27-31-14-10-23(33-27)26(25(30-3)21-6-8-22(28)9-7-21)35-16-12-20(13-17-35)11-15-34(4)18-24(29)36/h6-10,12-14,16,19,30H,5,11,15,17-18H2,1-4H3,(H2,29,36)(H,31,32,33)/b26-25-. The molecule has 1 aromatic heterocycles. The van der Waals surface area contributed by atoms with Crippen molar-refractivity contribution in [2.24, 2.45) is 5.73 Å². The molecule has 1 unspecified atom stereocenters. The minimum atomic E-state index is -0.334. The Balaban J connectivity index is 1.93. The van der Waals surface area contributed by atoms with E-state index < -0.39 is 0 Å². The van der Waals surface area contributed by atoms with Gasteiger partial charge in [-0.1, -0.05) is 13.0 Å². The topological polar surface area (TPSA) is 99.4 Å². The lowest BCUT2D eigenvalue weighted by Crippen LogP contribution is -2.31. The molecule has 2 heterocycles. The fraction of sp³-hybridized carbons (Fsp3) is 0.370. The number of nitrogens with one attached hydrogen (secondary N) is 2. The molecule has 9 heteroatoms. The Labute approximate surface area is 212 Å². The van der Waals surface area contributed by atoms with Gasteiger partial charge in [0.05, 0.1) is 23.6 Å². The lowest BCUT2D eigenvalue weighted by Gasteiger charge is -2.28. The van der Waals surface area contributed by atoms with Gasteiger partial charge in [0, 0.05) is 44.1 Å². The van der Waals surface area contributed by atoms with Gasteiger partial charge >= 0.3 is 0 Å². The summed E-state index contributed by atoms with van der Waals surface area (Å²) in [4.78, 5) is 24.4. The maximum Gasteiger partial charge on any atom is 0.231 e. The number of anilines is 1. The van der Waals surface area contributed by atoms with E-state index in [1.54, 1.807) is 18.3 Å². The molecule has 0 aliphatic carbocycles. The molecule has 0 saturated heterocycles.